The van der Waals surface area contributed by atoms with E-state index in [0.717, 1.165) is 54.7 Å². The Balaban J connectivity index is 1.75. The maximum Gasteiger partial charge on any atom is 0.407 e. The van der Waals surface area contributed by atoms with Crippen molar-refractivity contribution in [3.8, 4) is 5.75 Å². The highest BCUT2D eigenvalue weighted by molar-refractivity contribution is 5.97. The van der Waals surface area contributed by atoms with Crippen LogP contribution in [0.1, 0.15) is 86.1 Å². The lowest BCUT2D eigenvalue weighted by molar-refractivity contribution is 0.0491. The Kier molecular flexibility index (Phi) is 9.69. The van der Waals surface area contributed by atoms with Crippen LogP contribution < -0.4 is 25.8 Å². The number of H-pyrrole nitrogens is 1. The number of ether oxygens (including phenoxy) is 2. The van der Waals surface area contributed by atoms with E-state index in [0.29, 0.717) is 16.9 Å². The molecule has 2 amide bonds. The average Bonchev–Trinajstić information content (AvgIpc) is 2.84. The summed E-state index contributed by atoms with van der Waals surface area (Å²) in [5.74, 6) is 0.345. The molecule has 0 unspecified atom stereocenters. The Hall–Kier alpha value is -3.49. The lowest BCUT2D eigenvalue weighted by Crippen LogP contribution is -2.45. The first-order valence-electron chi connectivity index (χ1n) is 13.7. The fraction of sp³-hybridized carbons (Fsp3) is 0.567. The molecule has 0 radical (unpaired) electrons. The maximum absolute atomic E-state index is 13.3. The first-order valence-corrected chi connectivity index (χ1v) is 13.7. The van der Waals surface area contributed by atoms with Gasteiger partial charge in [-0.05, 0) is 97.4 Å². The van der Waals surface area contributed by atoms with Crippen molar-refractivity contribution in [2.24, 2.45) is 0 Å². The van der Waals surface area contributed by atoms with Crippen LogP contribution in [-0.2, 0) is 11.3 Å². The third kappa shape index (κ3) is 7.77. The van der Waals surface area contributed by atoms with Crippen LogP contribution in [0.5, 0.6) is 5.75 Å². The molecule has 214 valence electrons. The highest BCUT2D eigenvalue weighted by atomic mass is 16.6. The van der Waals surface area contributed by atoms with Crippen LogP contribution in [0, 0.1) is 20.8 Å². The van der Waals surface area contributed by atoms with Gasteiger partial charge in [-0.25, -0.2) is 4.79 Å². The lowest BCUT2D eigenvalue weighted by atomic mass is 9.89. The average molecular weight is 541 g/mol. The number of aromatic nitrogens is 1. The van der Waals surface area contributed by atoms with Gasteiger partial charge in [0.1, 0.15) is 11.4 Å². The summed E-state index contributed by atoms with van der Waals surface area (Å²) in [5, 5.41) is 5.93. The second-order valence-corrected chi connectivity index (χ2v) is 11.4. The zero-order valence-corrected chi connectivity index (χ0v) is 24.6. The number of alkyl carbamates (subject to hydrolysis) is 1. The van der Waals surface area contributed by atoms with Crippen LogP contribution in [-0.4, -0.2) is 48.3 Å². The first kappa shape index (κ1) is 30.1. The number of nitrogens with one attached hydrogen (secondary N) is 3. The molecule has 1 heterocycles. The molecular weight excluding hydrogens is 496 g/mol. The summed E-state index contributed by atoms with van der Waals surface area (Å²) >= 11 is 0. The lowest BCUT2D eigenvalue weighted by Gasteiger charge is -2.39. The molecule has 1 aliphatic carbocycles. The van der Waals surface area contributed by atoms with Crippen molar-refractivity contribution in [1.29, 1.82) is 0 Å². The van der Waals surface area contributed by atoms with E-state index in [4.69, 9.17) is 9.47 Å². The highest BCUT2D eigenvalue weighted by Gasteiger charge is 2.29. The molecule has 0 aliphatic heterocycles. The number of carbonyl (C=O) groups excluding carboxylic acids is 2. The van der Waals surface area contributed by atoms with Gasteiger partial charge in [0, 0.05) is 53.7 Å². The van der Waals surface area contributed by atoms with Crippen LogP contribution in [0.4, 0.5) is 10.5 Å². The second-order valence-electron chi connectivity index (χ2n) is 11.4. The van der Waals surface area contributed by atoms with Crippen molar-refractivity contribution in [1.82, 2.24) is 15.6 Å². The van der Waals surface area contributed by atoms with Crippen LogP contribution in [0.15, 0.2) is 23.0 Å². The van der Waals surface area contributed by atoms with E-state index in [1.54, 1.807) is 13.2 Å². The van der Waals surface area contributed by atoms with Gasteiger partial charge in [0.15, 0.2) is 0 Å². The number of hydrogen-bond acceptors (Lipinski definition) is 6. The Morgan fingerprint density at radius 2 is 1.74 bits per heavy atom. The second kappa shape index (κ2) is 12.6. The van der Waals surface area contributed by atoms with Crippen molar-refractivity contribution < 1.29 is 19.1 Å². The van der Waals surface area contributed by atoms with Crippen molar-refractivity contribution in [2.45, 2.75) is 98.4 Å². The quantitative estimate of drug-likeness (QED) is 0.439. The van der Waals surface area contributed by atoms with Gasteiger partial charge in [-0.2, -0.15) is 0 Å². The van der Waals surface area contributed by atoms with Crippen LogP contribution in [0.3, 0.4) is 0 Å². The molecule has 0 spiro atoms. The molecule has 3 N–H and O–H groups in total. The fourth-order valence-electron chi connectivity index (χ4n) is 5.32. The summed E-state index contributed by atoms with van der Waals surface area (Å²) in [7, 11) is 1.59. The number of anilines is 1. The van der Waals surface area contributed by atoms with Gasteiger partial charge in [0.2, 0.25) is 0 Å². The minimum Gasteiger partial charge on any atom is -0.497 e. The van der Waals surface area contributed by atoms with Gasteiger partial charge < -0.3 is 30.0 Å². The number of amides is 2. The molecule has 1 aromatic carbocycles. The van der Waals surface area contributed by atoms with E-state index in [-0.39, 0.29) is 36.2 Å². The summed E-state index contributed by atoms with van der Waals surface area (Å²) in [6, 6.07) is 5.97. The van der Waals surface area contributed by atoms with Gasteiger partial charge in [-0.1, -0.05) is 0 Å². The van der Waals surface area contributed by atoms with E-state index in [1.165, 1.54) is 0 Å². The summed E-state index contributed by atoms with van der Waals surface area (Å²) in [5.41, 5.74) is 3.79. The summed E-state index contributed by atoms with van der Waals surface area (Å²) < 4.78 is 11.0. The standard InChI is InChI=1S/C30H44N4O5/c1-9-34(22-12-10-21(11-13-22)33-29(37)39-30(5,6)7)26-16-23(38-8)15-24(20(26)4)27(35)31-17-25-18(2)14-19(3)32-28(25)36/h14-16,21-22H,9-13,17H2,1-8H3,(H,31,35)(H,32,36)(H,33,37). The number of hydrogen-bond donors (Lipinski definition) is 3. The maximum atomic E-state index is 13.3. The van der Waals surface area contributed by atoms with Gasteiger partial charge in [-0.3, -0.25) is 9.59 Å². The van der Waals surface area contributed by atoms with E-state index in [1.807, 2.05) is 53.7 Å². The van der Waals surface area contributed by atoms with Crippen molar-refractivity contribution in [2.75, 3.05) is 18.6 Å². The number of pyridine rings is 1. The predicted molar refractivity (Wildman–Crippen MR) is 154 cm³/mol. The van der Waals surface area contributed by atoms with E-state index < -0.39 is 5.60 Å². The highest BCUT2D eigenvalue weighted by Crippen LogP contribution is 2.34. The number of rotatable bonds is 8. The molecule has 1 aromatic heterocycles. The molecule has 1 fully saturated rings. The molecule has 2 aromatic rings. The Morgan fingerprint density at radius 1 is 1.08 bits per heavy atom. The van der Waals surface area contributed by atoms with Crippen LogP contribution in [0.2, 0.25) is 0 Å². The predicted octanol–water partition coefficient (Wildman–Crippen LogP) is 4.90. The van der Waals surface area contributed by atoms with Gasteiger partial charge in [-0.15, -0.1) is 0 Å². The molecule has 0 atom stereocenters. The van der Waals surface area contributed by atoms with Crippen molar-refractivity contribution in [3.05, 3.63) is 56.5 Å². The minimum absolute atomic E-state index is 0.0796. The molecular formula is C30H44N4O5. The Bertz CT molecular complexity index is 1240. The topological polar surface area (TPSA) is 113 Å². The third-order valence-corrected chi connectivity index (χ3v) is 7.26. The number of nitrogens with zero attached hydrogens (tertiary/aromatic N) is 1. The van der Waals surface area contributed by atoms with E-state index >= 15 is 0 Å². The summed E-state index contributed by atoms with van der Waals surface area (Å²) in [6.07, 6.45) is 3.13. The molecule has 1 saturated carbocycles. The van der Waals surface area contributed by atoms with E-state index in [2.05, 4.69) is 27.4 Å². The molecule has 1 aliphatic rings. The smallest absolute Gasteiger partial charge is 0.407 e. The van der Waals surface area contributed by atoms with Crippen LogP contribution in [0.25, 0.3) is 0 Å². The normalized spacial score (nSPS) is 17.3. The fourth-order valence-corrected chi connectivity index (χ4v) is 5.32. The number of methoxy groups -OCH3 is 1. The number of aromatic amines is 1. The number of benzene rings is 1. The Labute approximate surface area is 231 Å². The largest absolute Gasteiger partial charge is 0.497 e. The first-order chi connectivity index (χ1) is 18.3. The zero-order valence-electron chi connectivity index (χ0n) is 24.6. The van der Waals surface area contributed by atoms with Gasteiger partial charge in [0.25, 0.3) is 11.5 Å². The van der Waals surface area contributed by atoms with Crippen LogP contribution >= 0.6 is 0 Å². The molecule has 9 heteroatoms. The van der Waals surface area contributed by atoms with Crippen molar-refractivity contribution >= 4 is 17.7 Å². The van der Waals surface area contributed by atoms with Crippen molar-refractivity contribution in [3.63, 3.8) is 0 Å². The van der Waals surface area contributed by atoms with Gasteiger partial charge in [0.05, 0.1) is 7.11 Å². The monoisotopic (exact) mass is 540 g/mol. The SMILES string of the molecule is CCN(c1cc(OC)cc(C(=O)NCc2c(C)cc(C)[nH]c2=O)c1C)C1CCC(NC(=O)OC(C)(C)C)CC1. The molecule has 0 saturated heterocycles. The summed E-state index contributed by atoms with van der Waals surface area (Å²) in [4.78, 5) is 43.1. The zero-order chi connectivity index (χ0) is 28.9. The Morgan fingerprint density at radius 3 is 2.31 bits per heavy atom. The van der Waals surface area contributed by atoms with E-state index in [9.17, 15) is 14.4 Å². The molecule has 3 rings (SSSR count). The van der Waals surface area contributed by atoms with Gasteiger partial charge >= 0.3 is 6.09 Å². The molecule has 9 nitrogen and oxygen atoms in total. The summed E-state index contributed by atoms with van der Waals surface area (Å²) in [6.45, 7) is 14.2. The number of aryl methyl sites for hydroxylation is 2. The molecule has 39 heavy (non-hydrogen) atoms. The third-order valence-electron chi connectivity index (χ3n) is 7.26. The minimum atomic E-state index is -0.525. The number of carbonyl (C=O) groups is 2. The molecule has 0 bridgehead atoms.